The first kappa shape index (κ1) is 25.0. The first-order chi connectivity index (χ1) is 13.6. The second-order valence-corrected chi connectivity index (χ2v) is 6.81. The molecule has 0 fully saturated rings. The smallest absolute Gasteiger partial charge is 0.191 e. The lowest BCUT2D eigenvalue weighted by molar-refractivity contribution is 0.358. The van der Waals surface area contributed by atoms with Crippen molar-refractivity contribution in [2.75, 3.05) is 27.2 Å². The van der Waals surface area contributed by atoms with Crippen molar-refractivity contribution in [3.8, 4) is 5.75 Å². The van der Waals surface area contributed by atoms with Gasteiger partial charge in [0.05, 0.1) is 6.54 Å². The van der Waals surface area contributed by atoms with Crippen molar-refractivity contribution in [1.82, 2.24) is 15.5 Å². The molecule has 158 valence electrons. The average molecular weight is 508 g/mol. The third-order valence-corrected chi connectivity index (χ3v) is 4.03. The van der Waals surface area contributed by atoms with Gasteiger partial charge in [0.25, 0.3) is 0 Å². The molecule has 2 aromatic carbocycles. The highest BCUT2D eigenvalue weighted by molar-refractivity contribution is 14.0. The van der Waals surface area contributed by atoms with Gasteiger partial charge in [0, 0.05) is 25.2 Å². The molecule has 0 spiro atoms. The molecular weight excluding hydrogens is 475 g/mol. The Kier molecular flexibility index (Phi) is 12.1. The monoisotopic (exact) mass is 508 g/mol. The summed E-state index contributed by atoms with van der Waals surface area (Å²) in [6.07, 6.45) is 1.75. The van der Waals surface area contributed by atoms with Gasteiger partial charge in [0.2, 0.25) is 0 Å². The minimum atomic E-state index is 0. The fraction of sp³-hybridized carbons (Fsp3) is 0.348. The van der Waals surface area contributed by atoms with Gasteiger partial charge in [-0.3, -0.25) is 0 Å². The van der Waals surface area contributed by atoms with Gasteiger partial charge in [-0.05, 0) is 38.2 Å². The van der Waals surface area contributed by atoms with E-state index in [1.165, 1.54) is 11.1 Å². The maximum Gasteiger partial charge on any atom is 0.191 e. The lowest BCUT2D eigenvalue weighted by Crippen LogP contribution is -2.36. The zero-order valence-corrected chi connectivity index (χ0v) is 20.0. The zero-order valence-electron chi connectivity index (χ0n) is 17.6. The van der Waals surface area contributed by atoms with Crippen molar-refractivity contribution in [2.24, 2.45) is 4.99 Å². The Bertz CT molecular complexity index is 777. The van der Waals surface area contributed by atoms with Crippen LogP contribution in [0.4, 0.5) is 0 Å². The van der Waals surface area contributed by atoms with Crippen LogP contribution in [0, 0.1) is 0 Å². The fourth-order valence-corrected chi connectivity index (χ4v) is 2.82. The van der Waals surface area contributed by atoms with E-state index in [2.05, 4.69) is 73.5 Å². The topological polar surface area (TPSA) is 48.9 Å². The largest absolute Gasteiger partial charge is 0.489 e. The van der Waals surface area contributed by atoms with Crippen molar-refractivity contribution in [2.45, 2.75) is 26.6 Å². The number of guanidine groups is 1. The van der Waals surface area contributed by atoms with Crippen LogP contribution in [-0.4, -0.2) is 38.1 Å². The Morgan fingerprint density at radius 3 is 2.59 bits per heavy atom. The van der Waals surface area contributed by atoms with Gasteiger partial charge in [-0.2, -0.15) is 0 Å². The normalized spacial score (nSPS) is 11.0. The summed E-state index contributed by atoms with van der Waals surface area (Å²) in [5, 5.41) is 6.70. The van der Waals surface area contributed by atoms with E-state index in [0.29, 0.717) is 19.7 Å². The van der Waals surface area contributed by atoms with Gasteiger partial charge in [0.1, 0.15) is 12.4 Å². The van der Waals surface area contributed by atoms with Crippen LogP contribution < -0.4 is 15.4 Å². The lowest BCUT2D eigenvalue weighted by atomic mass is 10.1. The molecule has 0 saturated heterocycles. The van der Waals surface area contributed by atoms with E-state index in [-0.39, 0.29) is 24.0 Å². The number of nitrogens with zero attached hydrogens (tertiary/aromatic N) is 2. The van der Waals surface area contributed by atoms with Gasteiger partial charge in [0.15, 0.2) is 5.96 Å². The Hall–Kier alpha value is -2.06. The molecule has 0 radical (unpaired) electrons. The van der Waals surface area contributed by atoms with Crippen LogP contribution >= 0.6 is 24.0 Å². The maximum absolute atomic E-state index is 5.73. The molecule has 29 heavy (non-hydrogen) atoms. The van der Waals surface area contributed by atoms with Crippen LogP contribution in [0.15, 0.2) is 66.2 Å². The minimum absolute atomic E-state index is 0. The molecule has 0 bridgehead atoms. The van der Waals surface area contributed by atoms with Gasteiger partial charge in [-0.15, -0.1) is 24.0 Å². The molecule has 0 aromatic heterocycles. The van der Waals surface area contributed by atoms with Crippen LogP contribution in [0.1, 0.15) is 23.6 Å². The standard InChI is InChI=1S/C23H32N4O.HI/c1-5-14-28-22-13-8-7-12-21(22)17-26-23(24-6-2)25-16-19-10-9-11-20(15-19)18-27(3)4;/h5,7-13,15H,1,6,14,16-18H2,2-4H3,(H2,24,25,26);1H. The molecule has 2 rings (SSSR count). The Balaban J connectivity index is 0.00000420. The van der Waals surface area contributed by atoms with E-state index in [9.17, 15) is 0 Å². The number of rotatable bonds is 10. The lowest BCUT2D eigenvalue weighted by Gasteiger charge is -2.14. The number of benzene rings is 2. The molecule has 2 aromatic rings. The van der Waals surface area contributed by atoms with E-state index in [0.717, 1.165) is 30.4 Å². The quantitative estimate of drug-likeness (QED) is 0.219. The molecule has 0 aliphatic carbocycles. The van der Waals surface area contributed by atoms with Gasteiger partial charge in [-0.1, -0.05) is 55.1 Å². The van der Waals surface area contributed by atoms with E-state index in [4.69, 9.17) is 9.73 Å². The van der Waals surface area contributed by atoms with Crippen molar-refractivity contribution >= 4 is 29.9 Å². The molecule has 0 saturated carbocycles. The summed E-state index contributed by atoms with van der Waals surface area (Å²) in [6, 6.07) is 16.6. The molecule has 0 atom stereocenters. The third kappa shape index (κ3) is 9.32. The molecule has 0 amide bonds. The van der Waals surface area contributed by atoms with Crippen molar-refractivity contribution < 1.29 is 4.74 Å². The molecular formula is C23H33IN4O. The zero-order chi connectivity index (χ0) is 20.2. The second-order valence-electron chi connectivity index (χ2n) is 6.81. The SMILES string of the molecule is C=CCOc1ccccc1CNC(=NCc1cccc(CN(C)C)c1)NCC.I. The molecule has 5 nitrogen and oxygen atoms in total. The summed E-state index contributed by atoms with van der Waals surface area (Å²) in [6.45, 7) is 9.27. The third-order valence-electron chi connectivity index (χ3n) is 4.03. The predicted octanol–water partition coefficient (Wildman–Crippen LogP) is 4.19. The summed E-state index contributed by atoms with van der Waals surface area (Å²) in [5.41, 5.74) is 3.58. The maximum atomic E-state index is 5.73. The van der Waals surface area contributed by atoms with Crippen molar-refractivity contribution in [3.05, 3.63) is 77.9 Å². The first-order valence-corrected chi connectivity index (χ1v) is 9.68. The van der Waals surface area contributed by atoms with Crippen LogP contribution in [0.25, 0.3) is 0 Å². The second kappa shape index (κ2) is 14.0. The number of halogens is 1. The summed E-state index contributed by atoms with van der Waals surface area (Å²) < 4.78 is 5.73. The van der Waals surface area contributed by atoms with Crippen LogP contribution in [-0.2, 0) is 19.6 Å². The minimum Gasteiger partial charge on any atom is -0.489 e. The van der Waals surface area contributed by atoms with E-state index < -0.39 is 0 Å². The van der Waals surface area contributed by atoms with Crippen molar-refractivity contribution in [1.29, 1.82) is 0 Å². The number of aliphatic imine (C=N–C) groups is 1. The van der Waals surface area contributed by atoms with Crippen LogP contribution in [0.3, 0.4) is 0 Å². The molecule has 0 heterocycles. The van der Waals surface area contributed by atoms with E-state index >= 15 is 0 Å². The average Bonchev–Trinajstić information content (AvgIpc) is 2.69. The summed E-state index contributed by atoms with van der Waals surface area (Å²) in [7, 11) is 4.16. The Labute approximate surface area is 192 Å². The molecule has 0 aliphatic heterocycles. The fourth-order valence-electron chi connectivity index (χ4n) is 2.82. The van der Waals surface area contributed by atoms with E-state index in [1.54, 1.807) is 6.08 Å². The number of hydrogen-bond donors (Lipinski definition) is 2. The van der Waals surface area contributed by atoms with Crippen molar-refractivity contribution in [3.63, 3.8) is 0 Å². The van der Waals surface area contributed by atoms with Gasteiger partial charge >= 0.3 is 0 Å². The molecule has 0 unspecified atom stereocenters. The highest BCUT2D eigenvalue weighted by Crippen LogP contribution is 2.17. The molecule has 2 N–H and O–H groups in total. The first-order valence-electron chi connectivity index (χ1n) is 9.68. The number of hydrogen-bond acceptors (Lipinski definition) is 3. The summed E-state index contributed by atoms with van der Waals surface area (Å²) >= 11 is 0. The number of ether oxygens (including phenoxy) is 1. The van der Waals surface area contributed by atoms with Gasteiger partial charge in [-0.25, -0.2) is 4.99 Å². The highest BCUT2D eigenvalue weighted by atomic mass is 127. The summed E-state index contributed by atoms with van der Waals surface area (Å²) in [4.78, 5) is 6.90. The highest BCUT2D eigenvalue weighted by Gasteiger charge is 2.04. The Morgan fingerprint density at radius 1 is 1.10 bits per heavy atom. The van der Waals surface area contributed by atoms with Crippen LogP contribution in [0.2, 0.25) is 0 Å². The summed E-state index contributed by atoms with van der Waals surface area (Å²) in [5.74, 6) is 1.65. The molecule has 6 heteroatoms. The predicted molar refractivity (Wildman–Crippen MR) is 133 cm³/mol. The number of nitrogens with one attached hydrogen (secondary N) is 2. The number of para-hydroxylation sites is 1. The molecule has 0 aliphatic rings. The van der Waals surface area contributed by atoms with Crippen LogP contribution in [0.5, 0.6) is 5.75 Å². The van der Waals surface area contributed by atoms with E-state index in [1.807, 2.05) is 18.2 Å². The Morgan fingerprint density at radius 2 is 1.86 bits per heavy atom. The van der Waals surface area contributed by atoms with Gasteiger partial charge < -0.3 is 20.3 Å².